The summed E-state index contributed by atoms with van der Waals surface area (Å²) in [7, 11) is 1.89. The molecule has 1 aromatic carbocycles. The van der Waals surface area contributed by atoms with Crippen molar-refractivity contribution in [2.24, 2.45) is 7.05 Å². The number of aromatic hydroxyl groups is 1. The molecule has 3 rings (SSSR count). The quantitative estimate of drug-likeness (QED) is 0.714. The first-order valence-corrected chi connectivity index (χ1v) is 5.73. The molecule has 0 atom stereocenters. The topological polar surface area (TPSA) is 25.2 Å². The van der Waals surface area contributed by atoms with Crippen molar-refractivity contribution in [1.29, 1.82) is 0 Å². The highest BCUT2D eigenvalue weighted by Crippen LogP contribution is 2.29. The van der Waals surface area contributed by atoms with Gasteiger partial charge in [-0.1, -0.05) is 12.2 Å². The Morgan fingerprint density at radius 1 is 1.25 bits per heavy atom. The maximum atomic E-state index is 9.69. The Bertz CT molecular complexity index is 578. The molecule has 2 heteroatoms. The Kier molecular flexibility index (Phi) is 2.03. The molecule has 0 amide bonds. The first kappa shape index (κ1) is 9.52. The second kappa shape index (κ2) is 3.41. The van der Waals surface area contributed by atoms with Gasteiger partial charge in [0.2, 0.25) is 0 Å². The van der Waals surface area contributed by atoms with Crippen LogP contribution in [0.4, 0.5) is 0 Å². The van der Waals surface area contributed by atoms with E-state index >= 15 is 0 Å². The van der Waals surface area contributed by atoms with E-state index in [0.717, 1.165) is 23.7 Å². The molecular formula is C14H15NO. The van der Waals surface area contributed by atoms with E-state index in [1.807, 2.05) is 17.7 Å². The van der Waals surface area contributed by atoms with Gasteiger partial charge in [-0.15, -0.1) is 0 Å². The Morgan fingerprint density at radius 2 is 2.12 bits per heavy atom. The van der Waals surface area contributed by atoms with Crippen molar-refractivity contribution >= 4 is 17.0 Å². The summed E-state index contributed by atoms with van der Waals surface area (Å²) in [6.45, 7) is 0. The Labute approximate surface area is 94.8 Å². The van der Waals surface area contributed by atoms with Gasteiger partial charge in [0.1, 0.15) is 0 Å². The molecule has 16 heavy (non-hydrogen) atoms. The van der Waals surface area contributed by atoms with Crippen LogP contribution in [0, 0.1) is 0 Å². The fraction of sp³-hybridized carbons (Fsp3) is 0.286. The molecule has 0 bridgehead atoms. The van der Waals surface area contributed by atoms with Crippen molar-refractivity contribution in [1.82, 2.24) is 4.57 Å². The maximum Gasteiger partial charge on any atom is 0.191 e. The van der Waals surface area contributed by atoms with E-state index in [9.17, 15) is 5.11 Å². The van der Waals surface area contributed by atoms with Crippen molar-refractivity contribution in [2.45, 2.75) is 19.3 Å². The number of fused-ring (bicyclic) bond motifs is 2. The van der Waals surface area contributed by atoms with Gasteiger partial charge in [-0.05, 0) is 42.5 Å². The molecule has 1 aliphatic rings. The van der Waals surface area contributed by atoms with Crippen LogP contribution >= 0.6 is 0 Å². The third kappa shape index (κ3) is 1.33. The minimum absolute atomic E-state index is 0.333. The van der Waals surface area contributed by atoms with E-state index in [-0.39, 0.29) is 0 Å². The van der Waals surface area contributed by atoms with Gasteiger partial charge in [-0.3, -0.25) is 0 Å². The number of allylic oxidation sites excluding steroid dienone is 1. The highest BCUT2D eigenvalue weighted by molar-refractivity contribution is 5.86. The van der Waals surface area contributed by atoms with Crippen LogP contribution in [-0.4, -0.2) is 9.67 Å². The smallest absolute Gasteiger partial charge is 0.191 e. The average molecular weight is 213 g/mol. The van der Waals surface area contributed by atoms with Crippen LogP contribution in [0.3, 0.4) is 0 Å². The molecule has 1 aliphatic carbocycles. The summed E-state index contributed by atoms with van der Waals surface area (Å²) >= 11 is 0. The van der Waals surface area contributed by atoms with Gasteiger partial charge in [-0.25, -0.2) is 0 Å². The van der Waals surface area contributed by atoms with Gasteiger partial charge in [0.25, 0.3) is 0 Å². The van der Waals surface area contributed by atoms with Crippen molar-refractivity contribution in [3.05, 3.63) is 35.4 Å². The Balaban J connectivity index is 2.30. The molecule has 2 nitrogen and oxygen atoms in total. The second-order valence-electron chi connectivity index (χ2n) is 4.47. The van der Waals surface area contributed by atoms with Gasteiger partial charge in [-0.2, -0.15) is 0 Å². The Morgan fingerprint density at radius 3 is 3.00 bits per heavy atom. The van der Waals surface area contributed by atoms with E-state index in [4.69, 9.17) is 0 Å². The van der Waals surface area contributed by atoms with E-state index in [2.05, 4.69) is 24.3 Å². The predicted molar refractivity (Wildman–Crippen MR) is 66.6 cm³/mol. The highest BCUT2D eigenvalue weighted by Gasteiger charge is 2.09. The minimum atomic E-state index is 0.333. The van der Waals surface area contributed by atoms with Crippen LogP contribution in [0.5, 0.6) is 5.88 Å². The van der Waals surface area contributed by atoms with Crippen LogP contribution in [0.2, 0.25) is 0 Å². The predicted octanol–water partition coefficient (Wildman–Crippen LogP) is 3.23. The summed E-state index contributed by atoms with van der Waals surface area (Å²) in [6.07, 6.45) is 7.95. The second-order valence-corrected chi connectivity index (χ2v) is 4.47. The number of benzene rings is 1. The lowest BCUT2D eigenvalue weighted by Crippen LogP contribution is -1.90. The standard InChI is InChI=1S/C14H15NO/c1-15-13-8-11-6-4-2-3-5-10(11)7-12(13)9-14(15)16/h4,6-9,16H,2-3,5H2,1H3. The van der Waals surface area contributed by atoms with Crippen molar-refractivity contribution in [3.63, 3.8) is 0 Å². The fourth-order valence-electron chi connectivity index (χ4n) is 2.43. The lowest BCUT2D eigenvalue weighted by molar-refractivity contribution is 0.435. The van der Waals surface area contributed by atoms with Crippen LogP contribution in [0.1, 0.15) is 24.0 Å². The number of aryl methyl sites for hydroxylation is 2. The molecular weight excluding hydrogens is 198 g/mol. The van der Waals surface area contributed by atoms with Crippen molar-refractivity contribution < 1.29 is 5.11 Å². The van der Waals surface area contributed by atoms with E-state index in [1.165, 1.54) is 17.5 Å². The fourth-order valence-corrected chi connectivity index (χ4v) is 2.43. The first-order chi connectivity index (χ1) is 7.75. The van der Waals surface area contributed by atoms with E-state index < -0.39 is 0 Å². The molecule has 0 fully saturated rings. The SMILES string of the molecule is Cn1c(O)cc2cc3c(cc21)C=CCCC3. The third-order valence-electron chi connectivity index (χ3n) is 3.39. The zero-order chi connectivity index (χ0) is 11.1. The molecule has 1 heterocycles. The number of hydrogen-bond acceptors (Lipinski definition) is 1. The van der Waals surface area contributed by atoms with Crippen LogP contribution in [-0.2, 0) is 13.5 Å². The molecule has 0 unspecified atom stereocenters. The van der Waals surface area contributed by atoms with Gasteiger partial charge in [0.05, 0.1) is 5.52 Å². The van der Waals surface area contributed by atoms with E-state index in [0.29, 0.717) is 5.88 Å². The monoisotopic (exact) mass is 213 g/mol. The first-order valence-electron chi connectivity index (χ1n) is 5.73. The average Bonchev–Trinajstić information content (AvgIpc) is 2.48. The lowest BCUT2D eigenvalue weighted by atomic mass is 10.0. The molecule has 0 radical (unpaired) electrons. The van der Waals surface area contributed by atoms with E-state index in [1.54, 1.807) is 0 Å². The summed E-state index contributed by atoms with van der Waals surface area (Å²) in [5.41, 5.74) is 3.79. The number of hydrogen-bond donors (Lipinski definition) is 1. The van der Waals surface area contributed by atoms with Crippen LogP contribution in [0.25, 0.3) is 17.0 Å². The molecule has 1 aromatic heterocycles. The van der Waals surface area contributed by atoms with Gasteiger partial charge in [0.15, 0.2) is 5.88 Å². The molecule has 82 valence electrons. The number of aromatic nitrogens is 1. The van der Waals surface area contributed by atoms with Gasteiger partial charge in [0, 0.05) is 18.5 Å². The summed E-state index contributed by atoms with van der Waals surface area (Å²) in [5, 5.41) is 10.8. The maximum absolute atomic E-state index is 9.69. The van der Waals surface area contributed by atoms with Crippen molar-refractivity contribution in [2.75, 3.05) is 0 Å². The molecule has 0 aliphatic heterocycles. The van der Waals surface area contributed by atoms with Crippen LogP contribution in [0.15, 0.2) is 24.3 Å². The zero-order valence-electron chi connectivity index (χ0n) is 9.40. The number of nitrogens with zero attached hydrogens (tertiary/aromatic N) is 1. The van der Waals surface area contributed by atoms with Crippen molar-refractivity contribution in [3.8, 4) is 5.88 Å². The van der Waals surface area contributed by atoms with Gasteiger partial charge >= 0.3 is 0 Å². The normalized spacial score (nSPS) is 15.1. The zero-order valence-corrected chi connectivity index (χ0v) is 9.40. The highest BCUT2D eigenvalue weighted by atomic mass is 16.3. The molecule has 0 saturated heterocycles. The molecule has 0 saturated carbocycles. The summed E-state index contributed by atoms with van der Waals surface area (Å²) in [6, 6.07) is 6.22. The summed E-state index contributed by atoms with van der Waals surface area (Å²) in [5.74, 6) is 0.333. The molecule has 1 N–H and O–H groups in total. The number of rotatable bonds is 0. The Hall–Kier alpha value is -1.70. The summed E-state index contributed by atoms with van der Waals surface area (Å²) < 4.78 is 1.83. The molecule has 0 spiro atoms. The minimum Gasteiger partial charge on any atom is -0.494 e. The van der Waals surface area contributed by atoms with Crippen LogP contribution < -0.4 is 0 Å². The largest absolute Gasteiger partial charge is 0.494 e. The summed E-state index contributed by atoms with van der Waals surface area (Å²) in [4.78, 5) is 0. The van der Waals surface area contributed by atoms with Gasteiger partial charge < -0.3 is 9.67 Å². The third-order valence-corrected chi connectivity index (χ3v) is 3.39. The molecule has 2 aromatic rings. The lowest BCUT2D eigenvalue weighted by Gasteiger charge is -2.05.